The highest BCUT2D eigenvalue weighted by atomic mass is 127. The molecule has 0 bridgehead atoms. The molecule has 1 fully saturated rings. The van der Waals surface area contributed by atoms with Crippen LogP contribution in [-0.4, -0.2) is 53.2 Å². The monoisotopic (exact) mass is 577 g/mol. The molecule has 4 rings (SSSR count). The number of guanidine groups is 1. The van der Waals surface area contributed by atoms with Crippen LogP contribution in [0.1, 0.15) is 30.2 Å². The maximum absolute atomic E-state index is 12.2. The molecule has 9 nitrogen and oxygen atoms in total. The van der Waals surface area contributed by atoms with Crippen LogP contribution in [-0.2, 0) is 17.9 Å². The van der Waals surface area contributed by atoms with Gasteiger partial charge in [-0.2, -0.15) is 5.10 Å². The molecule has 10 heteroatoms. The molecule has 2 aromatic heterocycles. The Morgan fingerprint density at radius 3 is 2.74 bits per heavy atom. The van der Waals surface area contributed by atoms with E-state index in [9.17, 15) is 4.79 Å². The van der Waals surface area contributed by atoms with Crippen molar-refractivity contribution in [3.05, 3.63) is 72.4 Å². The van der Waals surface area contributed by atoms with E-state index in [0.29, 0.717) is 13.1 Å². The highest BCUT2D eigenvalue weighted by molar-refractivity contribution is 14.0. The van der Waals surface area contributed by atoms with Crippen LogP contribution in [0.4, 0.5) is 5.69 Å². The predicted octanol–water partition coefficient (Wildman–Crippen LogP) is 3.23. The number of amides is 1. The van der Waals surface area contributed by atoms with Gasteiger partial charge in [-0.15, -0.1) is 24.0 Å². The lowest BCUT2D eigenvalue weighted by molar-refractivity contribution is -0.116. The molecule has 1 aliphatic rings. The summed E-state index contributed by atoms with van der Waals surface area (Å²) >= 11 is 0. The number of aliphatic imine (C=N–C) groups is 1. The van der Waals surface area contributed by atoms with Crippen molar-refractivity contribution >= 4 is 41.5 Å². The number of hydrogen-bond donors (Lipinski definition) is 3. The smallest absolute Gasteiger partial charge is 0.246 e. The van der Waals surface area contributed by atoms with E-state index in [1.807, 2.05) is 36.4 Å². The van der Waals surface area contributed by atoms with E-state index >= 15 is 0 Å². The van der Waals surface area contributed by atoms with Crippen LogP contribution >= 0.6 is 24.0 Å². The number of furan rings is 1. The lowest BCUT2D eigenvalue weighted by atomic mass is 10.2. The second kappa shape index (κ2) is 13.1. The molecule has 1 aliphatic heterocycles. The maximum atomic E-state index is 12.2. The molecule has 3 N–H and O–H groups in total. The molecule has 0 spiro atoms. The Labute approximate surface area is 217 Å². The number of anilines is 1. The number of carbonyl (C=O) groups is 1. The summed E-state index contributed by atoms with van der Waals surface area (Å²) in [6, 6.07) is 13.7. The second-order valence-electron chi connectivity index (χ2n) is 8.03. The molecule has 1 aromatic carbocycles. The summed E-state index contributed by atoms with van der Waals surface area (Å²) in [4.78, 5) is 19.0. The quantitative estimate of drug-likeness (QED) is 0.205. The van der Waals surface area contributed by atoms with Crippen molar-refractivity contribution in [1.82, 2.24) is 25.3 Å². The average molecular weight is 577 g/mol. The van der Waals surface area contributed by atoms with Gasteiger partial charge in [0.15, 0.2) is 5.96 Å². The Bertz CT molecular complexity index is 1030. The third-order valence-corrected chi connectivity index (χ3v) is 5.67. The summed E-state index contributed by atoms with van der Waals surface area (Å²) in [6.45, 7) is 3.63. The molecule has 182 valence electrons. The molecule has 3 aromatic rings. The van der Waals surface area contributed by atoms with Crippen molar-refractivity contribution in [3.8, 4) is 0 Å². The zero-order valence-corrected chi connectivity index (χ0v) is 21.6. The van der Waals surface area contributed by atoms with Crippen LogP contribution in [0, 0.1) is 0 Å². The molecular weight excluding hydrogens is 545 g/mol. The zero-order valence-electron chi connectivity index (χ0n) is 19.3. The van der Waals surface area contributed by atoms with Gasteiger partial charge in [-0.25, -0.2) is 0 Å². The van der Waals surface area contributed by atoms with Gasteiger partial charge in [0.25, 0.3) is 0 Å². The summed E-state index contributed by atoms with van der Waals surface area (Å²) in [5.74, 6) is 1.57. The van der Waals surface area contributed by atoms with Crippen LogP contribution < -0.4 is 16.0 Å². The minimum atomic E-state index is -0.118. The Morgan fingerprint density at radius 1 is 1.18 bits per heavy atom. The van der Waals surface area contributed by atoms with Gasteiger partial charge in [0.2, 0.25) is 5.91 Å². The number of rotatable bonds is 9. The molecule has 1 atom stereocenters. The molecule has 34 heavy (non-hydrogen) atoms. The maximum Gasteiger partial charge on any atom is 0.246 e. The highest BCUT2D eigenvalue weighted by Crippen LogP contribution is 2.24. The fourth-order valence-corrected chi connectivity index (χ4v) is 4.04. The lowest BCUT2D eigenvalue weighted by Crippen LogP contribution is -2.42. The van der Waals surface area contributed by atoms with E-state index in [0.717, 1.165) is 36.1 Å². The highest BCUT2D eigenvalue weighted by Gasteiger charge is 2.25. The largest absolute Gasteiger partial charge is 0.468 e. The van der Waals surface area contributed by atoms with Gasteiger partial charge in [-0.1, -0.05) is 12.1 Å². The van der Waals surface area contributed by atoms with Gasteiger partial charge in [0.1, 0.15) is 12.3 Å². The molecule has 1 saturated heterocycles. The number of benzene rings is 1. The first-order valence-electron chi connectivity index (χ1n) is 11.3. The summed E-state index contributed by atoms with van der Waals surface area (Å²) in [6.07, 6.45) is 7.59. The number of nitrogens with one attached hydrogen (secondary N) is 3. The van der Waals surface area contributed by atoms with Crippen LogP contribution in [0.3, 0.4) is 0 Å². The van der Waals surface area contributed by atoms with Gasteiger partial charge in [0, 0.05) is 38.2 Å². The van der Waals surface area contributed by atoms with Crippen molar-refractivity contribution in [1.29, 1.82) is 0 Å². The van der Waals surface area contributed by atoms with Crippen LogP contribution in [0.25, 0.3) is 0 Å². The summed E-state index contributed by atoms with van der Waals surface area (Å²) < 4.78 is 7.29. The number of hydrogen-bond acceptors (Lipinski definition) is 5. The number of carbonyl (C=O) groups excluding carboxylic acids is 1. The first-order valence-corrected chi connectivity index (χ1v) is 11.3. The van der Waals surface area contributed by atoms with Crippen LogP contribution in [0.5, 0.6) is 0 Å². The summed E-state index contributed by atoms with van der Waals surface area (Å²) in [5, 5.41) is 13.8. The molecule has 3 heterocycles. The van der Waals surface area contributed by atoms with Crippen molar-refractivity contribution in [2.45, 2.75) is 32.0 Å². The van der Waals surface area contributed by atoms with Gasteiger partial charge in [0.05, 0.1) is 12.3 Å². The van der Waals surface area contributed by atoms with Crippen molar-refractivity contribution in [3.63, 3.8) is 0 Å². The van der Waals surface area contributed by atoms with Gasteiger partial charge in [-0.3, -0.25) is 19.4 Å². The van der Waals surface area contributed by atoms with Gasteiger partial charge in [-0.05, 0) is 61.8 Å². The number of nitrogens with zero attached hydrogens (tertiary/aromatic N) is 4. The van der Waals surface area contributed by atoms with Crippen molar-refractivity contribution < 1.29 is 9.21 Å². The Kier molecular flexibility index (Phi) is 9.95. The number of likely N-dealkylation sites (tertiary alicyclic amines) is 1. The topological polar surface area (TPSA) is 99.7 Å². The molecule has 1 amide bonds. The SMILES string of the molecule is CN=C(NCc1cccc(NC(=O)Cn2cccn2)c1)NCC(c1ccco1)N1CCCC1.I. The Hall–Kier alpha value is -2.86. The minimum Gasteiger partial charge on any atom is -0.468 e. The molecular formula is C24H32IN7O2. The van der Waals surface area contributed by atoms with E-state index in [4.69, 9.17) is 4.42 Å². The Morgan fingerprint density at radius 2 is 2.03 bits per heavy atom. The van der Waals surface area contributed by atoms with E-state index < -0.39 is 0 Å². The molecule has 0 radical (unpaired) electrons. The van der Waals surface area contributed by atoms with Crippen LogP contribution in [0.15, 0.2) is 70.5 Å². The van der Waals surface area contributed by atoms with Crippen molar-refractivity contribution in [2.24, 2.45) is 4.99 Å². The third kappa shape index (κ3) is 7.32. The normalized spacial score (nSPS) is 14.9. The van der Waals surface area contributed by atoms with E-state index in [1.165, 1.54) is 12.8 Å². The summed E-state index contributed by atoms with van der Waals surface area (Å²) in [5.41, 5.74) is 1.79. The van der Waals surface area contributed by atoms with Gasteiger partial charge >= 0.3 is 0 Å². The average Bonchev–Trinajstić information content (AvgIpc) is 3.61. The Balaban J connectivity index is 0.00000324. The third-order valence-electron chi connectivity index (χ3n) is 5.67. The fraction of sp³-hybridized carbons (Fsp3) is 0.375. The number of aromatic nitrogens is 2. The standard InChI is InChI=1S/C24H31N7O2.HI/c1-25-24(27-17-21(22-9-5-14-33-22)30-11-2-3-12-30)26-16-19-7-4-8-20(15-19)29-23(32)18-31-13-6-10-28-31;/h4-10,13-15,21H,2-3,11-12,16-18H2,1H3,(H,29,32)(H2,25,26,27);1H. The van der Waals surface area contributed by atoms with Crippen molar-refractivity contribution in [2.75, 3.05) is 32.0 Å². The molecule has 0 saturated carbocycles. The first kappa shape index (κ1) is 25.8. The lowest BCUT2D eigenvalue weighted by Gasteiger charge is -2.26. The summed E-state index contributed by atoms with van der Waals surface area (Å²) in [7, 11) is 1.76. The number of halogens is 1. The minimum absolute atomic E-state index is 0. The first-order chi connectivity index (χ1) is 16.2. The van der Waals surface area contributed by atoms with E-state index in [-0.39, 0.29) is 42.5 Å². The van der Waals surface area contributed by atoms with E-state index in [2.05, 4.69) is 30.9 Å². The molecule has 0 aliphatic carbocycles. The van der Waals surface area contributed by atoms with Gasteiger partial charge < -0.3 is 20.4 Å². The van der Waals surface area contributed by atoms with Crippen LogP contribution in [0.2, 0.25) is 0 Å². The zero-order chi connectivity index (χ0) is 22.9. The second-order valence-corrected chi connectivity index (χ2v) is 8.03. The van der Waals surface area contributed by atoms with E-state index in [1.54, 1.807) is 36.5 Å². The fourth-order valence-electron chi connectivity index (χ4n) is 4.04. The molecule has 1 unspecified atom stereocenters. The predicted molar refractivity (Wildman–Crippen MR) is 143 cm³/mol.